The number of benzene rings is 3. The minimum atomic E-state index is -0.945. The molecule has 3 rings (SSSR count). The monoisotopic (exact) mass is 472 g/mol. The molecule has 3 aromatic carbocycles. The lowest BCUT2D eigenvalue weighted by Crippen LogP contribution is -2.28. The molecule has 0 fully saturated rings. The zero-order chi connectivity index (χ0) is 25.2. The largest absolute Gasteiger partial charge is 0.478 e. The van der Waals surface area contributed by atoms with Crippen LogP contribution < -0.4 is 10.2 Å². The van der Waals surface area contributed by atoms with Crippen molar-refractivity contribution in [2.45, 2.75) is 52.5 Å². The van der Waals surface area contributed by atoms with Gasteiger partial charge in [0.2, 0.25) is 5.91 Å². The Labute approximate surface area is 208 Å². The summed E-state index contributed by atoms with van der Waals surface area (Å²) < 4.78 is 0. The molecule has 0 bridgehead atoms. The Bertz CT molecular complexity index is 1120. The fraction of sp³-hybridized carbons (Fsp3) is 0.333. The quantitative estimate of drug-likeness (QED) is 0.277. The van der Waals surface area contributed by atoms with Crippen LogP contribution in [0.4, 0.5) is 11.4 Å². The van der Waals surface area contributed by atoms with Crippen molar-refractivity contribution < 1.29 is 14.7 Å². The molecule has 2 N–H and O–H groups in total. The van der Waals surface area contributed by atoms with Crippen molar-refractivity contribution in [3.63, 3.8) is 0 Å². The molecule has 0 spiro atoms. The lowest BCUT2D eigenvalue weighted by atomic mass is 10.0. The Morgan fingerprint density at radius 1 is 0.914 bits per heavy atom. The molecule has 1 unspecified atom stereocenters. The number of hydrogen-bond acceptors (Lipinski definition) is 3. The van der Waals surface area contributed by atoms with E-state index in [-0.39, 0.29) is 17.4 Å². The van der Waals surface area contributed by atoms with Gasteiger partial charge in [0.1, 0.15) is 0 Å². The molecule has 0 radical (unpaired) electrons. The van der Waals surface area contributed by atoms with Crippen LogP contribution in [0.5, 0.6) is 0 Å². The summed E-state index contributed by atoms with van der Waals surface area (Å²) in [4.78, 5) is 25.9. The molecule has 3 aromatic rings. The van der Waals surface area contributed by atoms with Crippen LogP contribution in [0.1, 0.15) is 61.9 Å². The summed E-state index contributed by atoms with van der Waals surface area (Å²) in [5, 5.41) is 12.6. The second-order valence-corrected chi connectivity index (χ2v) is 9.10. The number of para-hydroxylation sites is 1. The predicted octanol–water partition coefficient (Wildman–Crippen LogP) is 7.04. The normalized spacial score (nSPS) is 11.6. The standard InChI is InChI=1S/C30H36N2O3/c1-4-5-6-7-11-22(2)29(33)31-21-23-12-10-13-25(20-23)24-16-18-26(19-17-24)32(3)28-15-9-8-14-27(28)30(34)35/h8-10,12-20,22H,4-7,11,21H2,1-3H3,(H,31,33)(H,34,35). The van der Waals surface area contributed by atoms with Crippen LogP contribution >= 0.6 is 0 Å². The first kappa shape index (κ1) is 26.0. The van der Waals surface area contributed by atoms with E-state index in [1.165, 1.54) is 19.3 Å². The first-order chi connectivity index (χ1) is 16.9. The van der Waals surface area contributed by atoms with Crippen LogP contribution in [0.25, 0.3) is 11.1 Å². The Hall–Kier alpha value is -3.60. The number of nitrogens with one attached hydrogen (secondary N) is 1. The van der Waals surface area contributed by atoms with Crippen molar-refractivity contribution in [2.24, 2.45) is 5.92 Å². The molecule has 0 saturated carbocycles. The molecular formula is C30H36N2O3. The fourth-order valence-electron chi connectivity index (χ4n) is 4.20. The summed E-state index contributed by atoms with van der Waals surface area (Å²) in [5.41, 5.74) is 5.01. The molecule has 1 atom stereocenters. The third-order valence-electron chi connectivity index (χ3n) is 6.42. The van der Waals surface area contributed by atoms with E-state index in [1.807, 2.05) is 61.3 Å². The van der Waals surface area contributed by atoms with Gasteiger partial charge in [-0.15, -0.1) is 0 Å². The van der Waals surface area contributed by atoms with Crippen LogP contribution in [0.2, 0.25) is 0 Å². The molecule has 0 aliphatic heterocycles. The van der Waals surface area contributed by atoms with Gasteiger partial charge in [0, 0.05) is 25.2 Å². The number of rotatable bonds is 12. The Balaban J connectivity index is 1.63. The van der Waals surface area contributed by atoms with E-state index in [4.69, 9.17) is 0 Å². The maximum Gasteiger partial charge on any atom is 0.337 e. The van der Waals surface area contributed by atoms with E-state index in [0.717, 1.165) is 35.2 Å². The number of anilines is 2. The molecule has 0 aliphatic rings. The third-order valence-corrected chi connectivity index (χ3v) is 6.42. The lowest BCUT2D eigenvalue weighted by molar-refractivity contribution is -0.124. The van der Waals surface area contributed by atoms with Crippen molar-refractivity contribution >= 4 is 23.3 Å². The summed E-state index contributed by atoms with van der Waals surface area (Å²) >= 11 is 0. The second kappa shape index (κ2) is 12.7. The third kappa shape index (κ3) is 7.19. The number of carbonyl (C=O) groups excluding carboxylic acids is 1. The Morgan fingerprint density at radius 3 is 2.37 bits per heavy atom. The highest BCUT2D eigenvalue weighted by Crippen LogP contribution is 2.29. The summed E-state index contributed by atoms with van der Waals surface area (Å²) in [6, 6.07) is 23.2. The van der Waals surface area contributed by atoms with Gasteiger partial charge in [-0.25, -0.2) is 4.79 Å². The number of carboxylic acids is 1. The summed E-state index contributed by atoms with van der Waals surface area (Å²) in [6.45, 7) is 4.71. The highest BCUT2D eigenvalue weighted by atomic mass is 16.4. The van der Waals surface area contributed by atoms with Gasteiger partial charge < -0.3 is 15.3 Å². The van der Waals surface area contributed by atoms with Gasteiger partial charge in [0.15, 0.2) is 0 Å². The molecule has 35 heavy (non-hydrogen) atoms. The van der Waals surface area contributed by atoms with Crippen LogP contribution in [0.15, 0.2) is 72.8 Å². The Kier molecular flexibility index (Phi) is 9.47. The zero-order valence-electron chi connectivity index (χ0n) is 21.0. The van der Waals surface area contributed by atoms with E-state index in [2.05, 4.69) is 24.4 Å². The van der Waals surface area contributed by atoms with Gasteiger partial charge in [-0.05, 0) is 53.4 Å². The fourth-order valence-corrected chi connectivity index (χ4v) is 4.20. The van der Waals surface area contributed by atoms with Gasteiger partial charge in [-0.1, -0.05) is 82.0 Å². The SMILES string of the molecule is CCCCCCC(C)C(=O)NCc1cccc(-c2ccc(N(C)c3ccccc3C(=O)O)cc2)c1. The van der Waals surface area contributed by atoms with Gasteiger partial charge >= 0.3 is 5.97 Å². The smallest absolute Gasteiger partial charge is 0.337 e. The number of carbonyl (C=O) groups is 2. The van der Waals surface area contributed by atoms with E-state index in [0.29, 0.717) is 12.2 Å². The van der Waals surface area contributed by atoms with Gasteiger partial charge in [0.25, 0.3) is 0 Å². The maximum atomic E-state index is 12.5. The number of unbranched alkanes of at least 4 members (excludes halogenated alkanes) is 3. The first-order valence-electron chi connectivity index (χ1n) is 12.4. The van der Waals surface area contributed by atoms with Crippen molar-refractivity contribution in [2.75, 3.05) is 11.9 Å². The van der Waals surface area contributed by atoms with Gasteiger partial charge in [0.05, 0.1) is 11.3 Å². The average molecular weight is 473 g/mol. The molecule has 184 valence electrons. The van der Waals surface area contributed by atoms with Crippen LogP contribution in [-0.4, -0.2) is 24.0 Å². The number of carboxylic acid groups (broad SMARTS) is 1. The number of aromatic carboxylic acids is 1. The molecule has 0 aromatic heterocycles. The van der Waals surface area contributed by atoms with Crippen molar-refractivity contribution in [3.05, 3.63) is 83.9 Å². The molecule has 0 heterocycles. The van der Waals surface area contributed by atoms with Crippen LogP contribution in [0.3, 0.4) is 0 Å². The van der Waals surface area contributed by atoms with Crippen molar-refractivity contribution in [1.82, 2.24) is 5.32 Å². The van der Waals surface area contributed by atoms with Crippen LogP contribution in [0, 0.1) is 5.92 Å². The summed E-state index contributed by atoms with van der Waals surface area (Å²) in [6.07, 6.45) is 5.66. The summed E-state index contributed by atoms with van der Waals surface area (Å²) in [5.74, 6) is -0.800. The number of amides is 1. The van der Waals surface area contributed by atoms with Crippen molar-refractivity contribution in [3.8, 4) is 11.1 Å². The molecule has 0 aliphatic carbocycles. The molecule has 5 nitrogen and oxygen atoms in total. The van der Waals surface area contributed by atoms with Crippen molar-refractivity contribution in [1.29, 1.82) is 0 Å². The van der Waals surface area contributed by atoms with E-state index < -0.39 is 5.97 Å². The first-order valence-corrected chi connectivity index (χ1v) is 12.4. The second-order valence-electron chi connectivity index (χ2n) is 9.10. The zero-order valence-corrected chi connectivity index (χ0v) is 21.0. The maximum absolute atomic E-state index is 12.5. The highest BCUT2D eigenvalue weighted by Gasteiger charge is 2.14. The average Bonchev–Trinajstić information content (AvgIpc) is 2.89. The van der Waals surface area contributed by atoms with Gasteiger partial charge in [-0.3, -0.25) is 4.79 Å². The minimum Gasteiger partial charge on any atom is -0.478 e. The summed E-state index contributed by atoms with van der Waals surface area (Å²) in [7, 11) is 1.87. The van der Waals surface area contributed by atoms with E-state index in [9.17, 15) is 14.7 Å². The molecular weight excluding hydrogens is 436 g/mol. The van der Waals surface area contributed by atoms with E-state index in [1.54, 1.807) is 18.2 Å². The van der Waals surface area contributed by atoms with E-state index >= 15 is 0 Å². The molecule has 1 amide bonds. The predicted molar refractivity (Wildman–Crippen MR) is 143 cm³/mol. The highest BCUT2D eigenvalue weighted by molar-refractivity contribution is 5.95. The lowest BCUT2D eigenvalue weighted by Gasteiger charge is -2.21. The molecule has 5 heteroatoms. The number of nitrogens with zero attached hydrogens (tertiary/aromatic N) is 1. The van der Waals surface area contributed by atoms with Crippen LogP contribution in [-0.2, 0) is 11.3 Å². The van der Waals surface area contributed by atoms with Gasteiger partial charge in [-0.2, -0.15) is 0 Å². The molecule has 0 saturated heterocycles. The Morgan fingerprint density at radius 2 is 1.66 bits per heavy atom. The number of hydrogen-bond donors (Lipinski definition) is 2. The minimum absolute atomic E-state index is 0.0332. The topological polar surface area (TPSA) is 69.6 Å².